The summed E-state index contributed by atoms with van der Waals surface area (Å²) < 4.78 is 5.48. The van der Waals surface area contributed by atoms with E-state index in [0.29, 0.717) is 28.6 Å². The highest BCUT2D eigenvalue weighted by Gasteiger charge is 2.09. The molecule has 21 heavy (non-hydrogen) atoms. The number of carbonyl (C=O) groups excluding carboxylic acids is 1. The maximum Gasteiger partial charge on any atom is 0.255 e. The molecule has 0 spiro atoms. The SMILES string of the molecule is CCCOc1ccc(NC(=O)c2ccnc(Cl)c2)cc1Cl. The van der Waals surface area contributed by atoms with Crippen molar-refractivity contribution in [3.05, 3.63) is 52.3 Å². The van der Waals surface area contributed by atoms with Gasteiger partial charge in [-0.15, -0.1) is 0 Å². The van der Waals surface area contributed by atoms with E-state index in [1.165, 1.54) is 12.3 Å². The molecular weight excluding hydrogens is 311 g/mol. The van der Waals surface area contributed by atoms with E-state index in [4.69, 9.17) is 27.9 Å². The first-order valence-corrected chi connectivity index (χ1v) is 7.21. The van der Waals surface area contributed by atoms with Gasteiger partial charge < -0.3 is 10.1 Å². The average Bonchev–Trinajstić information content (AvgIpc) is 2.46. The van der Waals surface area contributed by atoms with E-state index in [2.05, 4.69) is 10.3 Å². The van der Waals surface area contributed by atoms with Gasteiger partial charge in [0.15, 0.2) is 0 Å². The first kappa shape index (κ1) is 15.6. The zero-order valence-corrected chi connectivity index (χ0v) is 12.9. The largest absolute Gasteiger partial charge is 0.492 e. The predicted molar refractivity (Wildman–Crippen MR) is 84.4 cm³/mol. The fourth-order valence-electron chi connectivity index (χ4n) is 1.65. The van der Waals surface area contributed by atoms with Crippen molar-refractivity contribution < 1.29 is 9.53 Å². The van der Waals surface area contributed by atoms with Gasteiger partial charge in [-0.1, -0.05) is 30.1 Å². The summed E-state index contributed by atoms with van der Waals surface area (Å²) >= 11 is 11.9. The molecule has 0 unspecified atom stereocenters. The standard InChI is InChI=1S/C15H14Cl2N2O2/c1-2-7-21-13-4-3-11(9-12(13)16)19-15(20)10-5-6-18-14(17)8-10/h3-6,8-9H,2,7H2,1H3,(H,19,20). The van der Waals surface area contributed by atoms with Crippen molar-refractivity contribution >= 4 is 34.8 Å². The van der Waals surface area contributed by atoms with Gasteiger partial charge in [-0.2, -0.15) is 0 Å². The number of rotatable bonds is 5. The van der Waals surface area contributed by atoms with Crippen molar-refractivity contribution in [3.8, 4) is 5.75 Å². The summed E-state index contributed by atoms with van der Waals surface area (Å²) in [6, 6.07) is 8.19. The van der Waals surface area contributed by atoms with Gasteiger partial charge in [0.25, 0.3) is 5.91 Å². The highest BCUT2D eigenvalue weighted by Crippen LogP contribution is 2.28. The van der Waals surface area contributed by atoms with Gasteiger partial charge in [-0.05, 0) is 36.8 Å². The summed E-state index contributed by atoms with van der Waals surface area (Å²) in [5.41, 5.74) is 1.01. The quantitative estimate of drug-likeness (QED) is 0.828. The average molecular weight is 325 g/mol. The molecular formula is C15H14Cl2N2O2. The summed E-state index contributed by atoms with van der Waals surface area (Å²) in [5.74, 6) is 0.320. The van der Waals surface area contributed by atoms with Crippen molar-refractivity contribution in [1.29, 1.82) is 0 Å². The molecule has 2 rings (SSSR count). The lowest BCUT2D eigenvalue weighted by atomic mass is 10.2. The van der Waals surface area contributed by atoms with Crippen LogP contribution < -0.4 is 10.1 Å². The van der Waals surface area contributed by atoms with Crippen LogP contribution in [0.15, 0.2) is 36.5 Å². The number of pyridine rings is 1. The van der Waals surface area contributed by atoms with E-state index >= 15 is 0 Å². The molecule has 0 aliphatic rings. The van der Waals surface area contributed by atoms with Crippen LogP contribution in [0.1, 0.15) is 23.7 Å². The number of hydrogen-bond donors (Lipinski definition) is 1. The molecule has 4 nitrogen and oxygen atoms in total. The number of ether oxygens (including phenoxy) is 1. The maximum atomic E-state index is 12.1. The fraction of sp³-hybridized carbons (Fsp3) is 0.200. The molecule has 1 heterocycles. The maximum absolute atomic E-state index is 12.1. The summed E-state index contributed by atoms with van der Waals surface area (Å²) in [6.07, 6.45) is 2.38. The first-order chi connectivity index (χ1) is 10.1. The number of anilines is 1. The van der Waals surface area contributed by atoms with Gasteiger partial charge in [-0.3, -0.25) is 4.79 Å². The van der Waals surface area contributed by atoms with E-state index in [1.54, 1.807) is 24.3 Å². The molecule has 0 aliphatic carbocycles. The second kappa shape index (κ2) is 7.29. The Morgan fingerprint density at radius 3 is 2.76 bits per heavy atom. The second-order valence-corrected chi connectivity index (χ2v) is 5.11. The Balaban J connectivity index is 2.09. The molecule has 0 bridgehead atoms. The highest BCUT2D eigenvalue weighted by molar-refractivity contribution is 6.32. The van der Waals surface area contributed by atoms with E-state index in [-0.39, 0.29) is 11.1 Å². The lowest BCUT2D eigenvalue weighted by molar-refractivity contribution is 0.102. The first-order valence-electron chi connectivity index (χ1n) is 6.45. The van der Waals surface area contributed by atoms with Crippen LogP contribution in [0.2, 0.25) is 10.2 Å². The van der Waals surface area contributed by atoms with Crippen LogP contribution in [0.25, 0.3) is 0 Å². The summed E-state index contributed by atoms with van der Waals surface area (Å²) in [5, 5.41) is 3.46. The van der Waals surface area contributed by atoms with Crippen molar-refractivity contribution in [3.63, 3.8) is 0 Å². The molecule has 0 aliphatic heterocycles. The molecule has 1 aromatic carbocycles. The number of aromatic nitrogens is 1. The Morgan fingerprint density at radius 1 is 1.29 bits per heavy atom. The van der Waals surface area contributed by atoms with Crippen LogP contribution in [-0.4, -0.2) is 17.5 Å². The van der Waals surface area contributed by atoms with Gasteiger partial charge in [0.2, 0.25) is 0 Å². The predicted octanol–water partition coefficient (Wildman–Crippen LogP) is 4.43. The van der Waals surface area contributed by atoms with Crippen LogP contribution in [0.5, 0.6) is 5.75 Å². The van der Waals surface area contributed by atoms with Crippen LogP contribution >= 0.6 is 23.2 Å². The molecule has 6 heteroatoms. The number of carbonyl (C=O) groups is 1. The van der Waals surface area contributed by atoms with Crippen molar-refractivity contribution in [1.82, 2.24) is 4.98 Å². The number of amides is 1. The molecule has 0 saturated heterocycles. The molecule has 0 atom stereocenters. The van der Waals surface area contributed by atoms with Crippen LogP contribution in [0.4, 0.5) is 5.69 Å². The van der Waals surface area contributed by atoms with Gasteiger partial charge in [0.05, 0.1) is 11.6 Å². The van der Waals surface area contributed by atoms with Crippen molar-refractivity contribution in [2.45, 2.75) is 13.3 Å². The third-order valence-corrected chi connectivity index (χ3v) is 3.14. The van der Waals surface area contributed by atoms with Gasteiger partial charge in [0, 0.05) is 17.4 Å². The molecule has 1 amide bonds. The van der Waals surface area contributed by atoms with Crippen LogP contribution in [-0.2, 0) is 0 Å². The smallest absolute Gasteiger partial charge is 0.255 e. The molecule has 2 aromatic rings. The van der Waals surface area contributed by atoms with E-state index < -0.39 is 0 Å². The second-order valence-electron chi connectivity index (χ2n) is 4.32. The van der Waals surface area contributed by atoms with Gasteiger partial charge >= 0.3 is 0 Å². The minimum Gasteiger partial charge on any atom is -0.492 e. The van der Waals surface area contributed by atoms with Gasteiger partial charge in [0.1, 0.15) is 10.9 Å². The normalized spacial score (nSPS) is 10.2. The zero-order chi connectivity index (χ0) is 15.2. The molecule has 0 radical (unpaired) electrons. The molecule has 110 valence electrons. The van der Waals surface area contributed by atoms with Crippen molar-refractivity contribution in [2.75, 3.05) is 11.9 Å². The van der Waals surface area contributed by atoms with E-state index in [0.717, 1.165) is 6.42 Å². The number of nitrogens with zero attached hydrogens (tertiary/aromatic N) is 1. The Bertz CT molecular complexity index is 647. The Labute approximate surface area is 133 Å². The number of benzene rings is 1. The minimum absolute atomic E-state index is 0.268. The minimum atomic E-state index is -0.280. The van der Waals surface area contributed by atoms with E-state index in [1.807, 2.05) is 6.92 Å². The molecule has 0 saturated carbocycles. The third-order valence-electron chi connectivity index (χ3n) is 2.64. The molecule has 1 aromatic heterocycles. The summed E-state index contributed by atoms with van der Waals surface area (Å²) in [6.45, 7) is 2.61. The highest BCUT2D eigenvalue weighted by atomic mass is 35.5. The lowest BCUT2D eigenvalue weighted by Gasteiger charge is -2.10. The number of halogens is 2. The number of hydrogen-bond acceptors (Lipinski definition) is 3. The topological polar surface area (TPSA) is 51.2 Å². The fourth-order valence-corrected chi connectivity index (χ4v) is 2.06. The summed E-state index contributed by atoms with van der Waals surface area (Å²) in [4.78, 5) is 15.9. The molecule has 1 N–H and O–H groups in total. The van der Waals surface area contributed by atoms with E-state index in [9.17, 15) is 4.79 Å². The molecule has 0 fully saturated rings. The number of nitrogens with one attached hydrogen (secondary N) is 1. The third kappa shape index (κ3) is 4.34. The van der Waals surface area contributed by atoms with Crippen molar-refractivity contribution in [2.24, 2.45) is 0 Å². The summed E-state index contributed by atoms with van der Waals surface area (Å²) in [7, 11) is 0. The zero-order valence-electron chi connectivity index (χ0n) is 11.4. The Hall–Kier alpha value is -1.78. The Morgan fingerprint density at radius 2 is 2.10 bits per heavy atom. The van der Waals surface area contributed by atoms with Crippen LogP contribution in [0.3, 0.4) is 0 Å². The Kier molecular flexibility index (Phi) is 5.42. The van der Waals surface area contributed by atoms with Crippen LogP contribution in [0, 0.1) is 0 Å². The van der Waals surface area contributed by atoms with Gasteiger partial charge in [-0.25, -0.2) is 4.98 Å². The monoisotopic (exact) mass is 324 g/mol. The lowest BCUT2D eigenvalue weighted by Crippen LogP contribution is -2.12.